The molecule has 3 rings (SSSR count). The zero-order chi connectivity index (χ0) is 20.3. The maximum absolute atomic E-state index is 12.7. The topological polar surface area (TPSA) is 89.1 Å². The van der Waals surface area contributed by atoms with Crippen LogP contribution >= 0.6 is 0 Å². The maximum Gasteiger partial charge on any atom is 0.253 e. The van der Waals surface area contributed by atoms with Gasteiger partial charge < -0.3 is 14.8 Å². The lowest BCUT2D eigenvalue weighted by atomic mass is 10.1. The molecular weight excluding hydrogens is 356 g/mol. The van der Waals surface area contributed by atoms with E-state index < -0.39 is 0 Å². The third-order valence-electron chi connectivity index (χ3n) is 4.47. The van der Waals surface area contributed by atoms with E-state index in [0.717, 1.165) is 16.6 Å². The molecule has 3 aromatic rings. The number of hydrogen-bond donors (Lipinski definition) is 2. The van der Waals surface area contributed by atoms with Gasteiger partial charge >= 0.3 is 0 Å². The standard InChI is InChI=1S/C21H26N4O3/c1-12(2)11-28-18-7-6-15(9-19(18)27-5)13(3)23-21(26)16-8-17-14(4)24-25-20(17)22-10-16/h6-10,12-13H,11H2,1-5H3,(H,23,26)(H,22,24,25)/t13-/m1/s1. The van der Waals surface area contributed by atoms with Crippen molar-refractivity contribution in [3.8, 4) is 11.5 Å². The van der Waals surface area contributed by atoms with Crippen LogP contribution in [0, 0.1) is 12.8 Å². The molecule has 1 atom stereocenters. The van der Waals surface area contributed by atoms with Crippen LogP contribution in [0.25, 0.3) is 11.0 Å². The van der Waals surface area contributed by atoms with Crippen molar-refractivity contribution in [2.45, 2.75) is 33.7 Å². The lowest BCUT2D eigenvalue weighted by molar-refractivity contribution is 0.0939. The monoisotopic (exact) mass is 382 g/mol. The fourth-order valence-corrected chi connectivity index (χ4v) is 2.84. The third kappa shape index (κ3) is 4.24. The van der Waals surface area contributed by atoms with Crippen LogP contribution in [-0.4, -0.2) is 34.8 Å². The number of carbonyl (C=O) groups is 1. The molecule has 2 heterocycles. The van der Waals surface area contributed by atoms with Gasteiger partial charge in [-0.2, -0.15) is 5.10 Å². The van der Waals surface area contributed by atoms with Crippen LogP contribution in [0.1, 0.15) is 48.4 Å². The average molecular weight is 382 g/mol. The summed E-state index contributed by atoms with van der Waals surface area (Å²) in [6.45, 7) is 8.63. The summed E-state index contributed by atoms with van der Waals surface area (Å²) in [6.07, 6.45) is 1.54. The molecule has 0 saturated carbocycles. The molecule has 0 radical (unpaired) electrons. The molecule has 1 aromatic carbocycles. The minimum atomic E-state index is -0.207. The second-order valence-corrected chi connectivity index (χ2v) is 7.25. The first kappa shape index (κ1) is 19.7. The molecule has 1 amide bonds. The third-order valence-corrected chi connectivity index (χ3v) is 4.47. The first-order chi connectivity index (χ1) is 13.4. The molecule has 0 spiro atoms. The van der Waals surface area contributed by atoms with Gasteiger partial charge in [0.2, 0.25) is 0 Å². The smallest absolute Gasteiger partial charge is 0.253 e. The van der Waals surface area contributed by atoms with Gasteiger partial charge in [0.05, 0.1) is 25.3 Å². The van der Waals surface area contributed by atoms with Crippen LogP contribution in [0.4, 0.5) is 0 Å². The molecule has 2 N–H and O–H groups in total. The number of nitrogens with one attached hydrogen (secondary N) is 2. The summed E-state index contributed by atoms with van der Waals surface area (Å²) in [5.74, 6) is 1.58. The van der Waals surface area contributed by atoms with E-state index in [2.05, 4.69) is 34.3 Å². The van der Waals surface area contributed by atoms with Gasteiger partial charge in [-0.1, -0.05) is 19.9 Å². The Morgan fingerprint density at radius 3 is 2.71 bits per heavy atom. The van der Waals surface area contributed by atoms with Crippen molar-refractivity contribution < 1.29 is 14.3 Å². The summed E-state index contributed by atoms with van der Waals surface area (Å²) in [7, 11) is 1.61. The van der Waals surface area contributed by atoms with E-state index in [1.165, 1.54) is 6.20 Å². The number of rotatable bonds is 7. The number of carbonyl (C=O) groups excluding carboxylic acids is 1. The number of benzene rings is 1. The van der Waals surface area contributed by atoms with Crippen molar-refractivity contribution in [1.82, 2.24) is 20.5 Å². The summed E-state index contributed by atoms with van der Waals surface area (Å²) < 4.78 is 11.2. The lowest BCUT2D eigenvalue weighted by Crippen LogP contribution is -2.26. The number of nitrogens with zero attached hydrogens (tertiary/aromatic N) is 2. The molecule has 0 aliphatic heterocycles. The predicted octanol–water partition coefficient (Wildman–Crippen LogP) is 3.80. The quantitative estimate of drug-likeness (QED) is 0.649. The Labute approximate surface area is 164 Å². The molecule has 0 aliphatic carbocycles. The molecule has 0 aliphatic rings. The van der Waals surface area contributed by atoms with E-state index in [9.17, 15) is 4.79 Å². The van der Waals surface area contributed by atoms with E-state index in [1.54, 1.807) is 13.2 Å². The highest BCUT2D eigenvalue weighted by atomic mass is 16.5. The molecular formula is C21H26N4O3. The molecule has 0 bridgehead atoms. The van der Waals surface area contributed by atoms with Crippen LogP contribution in [0.2, 0.25) is 0 Å². The van der Waals surface area contributed by atoms with Crippen molar-refractivity contribution in [2.24, 2.45) is 5.92 Å². The van der Waals surface area contributed by atoms with Gasteiger partial charge in [-0.25, -0.2) is 4.98 Å². The molecule has 0 saturated heterocycles. The fourth-order valence-electron chi connectivity index (χ4n) is 2.84. The first-order valence-electron chi connectivity index (χ1n) is 9.31. The van der Waals surface area contributed by atoms with E-state index in [0.29, 0.717) is 35.2 Å². The average Bonchev–Trinajstić information content (AvgIpc) is 3.06. The summed E-state index contributed by atoms with van der Waals surface area (Å²) in [5, 5.41) is 10.8. The molecule has 7 nitrogen and oxygen atoms in total. The predicted molar refractivity (Wildman–Crippen MR) is 108 cm³/mol. The SMILES string of the molecule is COc1cc([C@@H](C)NC(=O)c2cnc3n[nH]c(C)c3c2)ccc1OCC(C)C. The van der Waals surface area contributed by atoms with Gasteiger partial charge in [-0.15, -0.1) is 0 Å². The number of amides is 1. The summed E-state index contributed by atoms with van der Waals surface area (Å²) in [4.78, 5) is 16.9. The number of aryl methyl sites for hydroxylation is 1. The highest BCUT2D eigenvalue weighted by Gasteiger charge is 2.16. The van der Waals surface area contributed by atoms with Crippen LogP contribution in [-0.2, 0) is 0 Å². The van der Waals surface area contributed by atoms with Gasteiger partial charge in [0.1, 0.15) is 0 Å². The largest absolute Gasteiger partial charge is 0.493 e. The van der Waals surface area contributed by atoms with E-state index in [-0.39, 0.29) is 11.9 Å². The Bertz CT molecular complexity index is 981. The van der Waals surface area contributed by atoms with Gasteiger partial charge in [-0.05, 0) is 43.5 Å². The van der Waals surface area contributed by atoms with Crippen molar-refractivity contribution in [3.63, 3.8) is 0 Å². The number of pyridine rings is 1. The molecule has 0 unspecified atom stereocenters. The minimum Gasteiger partial charge on any atom is -0.493 e. The molecule has 28 heavy (non-hydrogen) atoms. The van der Waals surface area contributed by atoms with Crippen LogP contribution in [0.15, 0.2) is 30.5 Å². The first-order valence-corrected chi connectivity index (χ1v) is 9.31. The second kappa shape index (κ2) is 8.29. The lowest BCUT2D eigenvalue weighted by Gasteiger charge is -2.18. The van der Waals surface area contributed by atoms with Crippen molar-refractivity contribution in [3.05, 3.63) is 47.3 Å². The number of aromatic amines is 1. The molecule has 0 fully saturated rings. The Kier molecular flexibility index (Phi) is 5.82. The minimum absolute atomic E-state index is 0.193. The Morgan fingerprint density at radius 1 is 1.21 bits per heavy atom. The highest BCUT2D eigenvalue weighted by Crippen LogP contribution is 2.30. The van der Waals surface area contributed by atoms with E-state index in [1.807, 2.05) is 32.0 Å². The number of H-pyrrole nitrogens is 1. The second-order valence-electron chi connectivity index (χ2n) is 7.25. The zero-order valence-corrected chi connectivity index (χ0v) is 16.9. The normalized spacial score (nSPS) is 12.2. The zero-order valence-electron chi connectivity index (χ0n) is 16.9. The van der Waals surface area contributed by atoms with Gasteiger partial charge in [0.25, 0.3) is 5.91 Å². The molecule has 2 aromatic heterocycles. The van der Waals surface area contributed by atoms with Gasteiger partial charge in [0.15, 0.2) is 17.1 Å². The number of methoxy groups -OCH3 is 1. The maximum atomic E-state index is 12.7. The Balaban J connectivity index is 1.74. The highest BCUT2D eigenvalue weighted by molar-refractivity contribution is 5.97. The van der Waals surface area contributed by atoms with Crippen molar-refractivity contribution >= 4 is 16.9 Å². The fraction of sp³-hybridized carbons (Fsp3) is 0.381. The molecule has 148 valence electrons. The Morgan fingerprint density at radius 2 is 2.00 bits per heavy atom. The van der Waals surface area contributed by atoms with Crippen LogP contribution in [0.3, 0.4) is 0 Å². The van der Waals surface area contributed by atoms with Gasteiger partial charge in [-0.3, -0.25) is 9.89 Å². The number of hydrogen-bond acceptors (Lipinski definition) is 5. The summed E-state index contributed by atoms with van der Waals surface area (Å²) in [6, 6.07) is 7.29. The number of fused-ring (bicyclic) bond motifs is 1. The summed E-state index contributed by atoms with van der Waals surface area (Å²) in [5.41, 5.74) is 2.90. The van der Waals surface area contributed by atoms with Crippen LogP contribution < -0.4 is 14.8 Å². The number of aromatic nitrogens is 3. The van der Waals surface area contributed by atoms with E-state index in [4.69, 9.17) is 9.47 Å². The Hall–Kier alpha value is -3.09. The van der Waals surface area contributed by atoms with Crippen LogP contribution in [0.5, 0.6) is 11.5 Å². The van der Waals surface area contributed by atoms with Gasteiger partial charge in [0, 0.05) is 17.3 Å². The van der Waals surface area contributed by atoms with E-state index >= 15 is 0 Å². The summed E-state index contributed by atoms with van der Waals surface area (Å²) >= 11 is 0. The van der Waals surface area contributed by atoms with Crippen molar-refractivity contribution in [1.29, 1.82) is 0 Å². The van der Waals surface area contributed by atoms with Crippen molar-refractivity contribution in [2.75, 3.05) is 13.7 Å². The molecule has 7 heteroatoms. The number of ether oxygens (including phenoxy) is 2.